The molecule has 1 aliphatic heterocycles. The van der Waals surface area contributed by atoms with E-state index in [1.807, 2.05) is 45.9 Å². The SMILES string of the molecule is COC(C)C1(C)OB(NC(=O)c2ccccc2)OC1(C)C. The van der Waals surface area contributed by atoms with Crippen LogP contribution in [0.25, 0.3) is 0 Å². The average Bonchev–Trinajstić information content (AvgIpc) is 2.69. The van der Waals surface area contributed by atoms with Crippen LogP contribution in [0, 0.1) is 0 Å². The fourth-order valence-corrected chi connectivity index (χ4v) is 2.42. The molecule has 21 heavy (non-hydrogen) atoms. The highest BCUT2D eigenvalue weighted by atomic mass is 16.7. The molecule has 1 saturated heterocycles. The second-order valence-electron chi connectivity index (χ2n) is 5.90. The largest absolute Gasteiger partial charge is 0.594 e. The van der Waals surface area contributed by atoms with Crippen LogP contribution < -0.4 is 5.23 Å². The summed E-state index contributed by atoms with van der Waals surface area (Å²) in [6, 6.07) is 8.97. The van der Waals surface area contributed by atoms with E-state index in [1.54, 1.807) is 19.2 Å². The van der Waals surface area contributed by atoms with E-state index >= 15 is 0 Å². The number of ether oxygens (including phenoxy) is 1. The van der Waals surface area contributed by atoms with Gasteiger partial charge in [0.15, 0.2) is 0 Å². The fraction of sp³-hybridized carbons (Fsp3) is 0.533. The molecule has 1 N–H and O–H groups in total. The summed E-state index contributed by atoms with van der Waals surface area (Å²) in [6.45, 7) is 7.71. The van der Waals surface area contributed by atoms with E-state index in [0.29, 0.717) is 5.56 Å². The summed E-state index contributed by atoms with van der Waals surface area (Å²) >= 11 is 0. The molecule has 2 unspecified atom stereocenters. The number of hydrogen-bond donors (Lipinski definition) is 1. The van der Waals surface area contributed by atoms with Crippen molar-refractivity contribution < 1.29 is 18.8 Å². The standard InChI is InChI=1S/C15H22BNO4/c1-11(19-5)15(4)14(2,3)20-16(21-15)17-13(18)12-9-7-6-8-10-12/h6-11H,1-5H3,(H,17,18). The maximum Gasteiger partial charge on any atom is 0.594 e. The molecule has 114 valence electrons. The van der Waals surface area contributed by atoms with Crippen LogP contribution >= 0.6 is 0 Å². The lowest BCUT2D eigenvalue weighted by Crippen LogP contribution is -2.53. The van der Waals surface area contributed by atoms with Crippen molar-refractivity contribution in [3.05, 3.63) is 35.9 Å². The Morgan fingerprint density at radius 2 is 1.86 bits per heavy atom. The maximum atomic E-state index is 12.2. The van der Waals surface area contributed by atoms with Gasteiger partial charge >= 0.3 is 7.25 Å². The van der Waals surface area contributed by atoms with Crippen molar-refractivity contribution in [2.45, 2.75) is 45.0 Å². The molecule has 0 bridgehead atoms. The number of amides is 1. The minimum absolute atomic E-state index is 0.175. The number of carbonyl (C=O) groups excluding carboxylic acids is 1. The molecule has 2 rings (SSSR count). The van der Waals surface area contributed by atoms with Gasteiger partial charge in [0, 0.05) is 12.7 Å². The van der Waals surface area contributed by atoms with Crippen molar-refractivity contribution in [3.63, 3.8) is 0 Å². The number of hydrogen-bond acceptors (Lipinski definition) is 4. The molecule has 0 spiro atoms. The van der Waals surface area contributed by atoms with Crippen LogP contribution in [0.4, 0.5) is 0 Å². The predicted molar refractivity (Wildman–Crippen MR) is 80.8 cm³/mol. The van der Waals surface area contributed by atoms with Gasteiger partial charge in [-0.25, -0.2) is 0 Å². The third-order valence-electron chi connectivity index (χ3n) is 4.36. The topological polar surface area (TPSA) is 56.8 Å². The van der Waals surface area contributed by atoms with Crippen LogP contribution in [0.1, 0.15) is 38.1 Å². The van der Waals surface area contributed by atoms with E-state index in [-0.39, 0.29) is 12.0 Å². The molecule has 1 fully saturated rings. The summed E-state index contributed by atoms with van der Waals surface area (Å²) in [5, 5.41) is 2.75. The zero-order valence-electron chi connectivity index (χ0n) is 13.2. The van der Waals surface area contributed by atoms with Crippen molar-refractivity contribution in [3.8, 4) is 0 Å². The lowest BCUT2D eigenvalue weighted by atomic mass is 9.83. The number of benzene rings is 1. The number of rotatable bonds is 4. The summed E-state index contributed by atoms with van der Waals surface area (Å²) in [6.07, 6.45) is -0.175. The molecule has 0 saturated carbocycles. The van der Waals surface area contributed by atoms with Crippen LogP contribution in [-0.2, 0) is 14.0 Å². The van der Waals surface area contributed by atoms with Crippen molar-refractivity contribution in [1.82, 2.24) is 5.23 Å². The second-order valence-corrected chi connectivity index (χ2v) is 5.90. The first-order valence-electron chi connectivity index (χ1n) is 7.04. The molecule has 1 aliphatic rings. The molecular weight excluding hydrogens is 269 g/mol. The normalized spacial score (nSPS) is 25.7. The first-order valence-corrected chi connectivity index (χ1v) is 7.04. The molecular formula is C15H22BNO4. The second kappa shape index (κ2) is 5.79. The zero-order valence-corrected chi connectivity index (χ0v) is 13.2. The van der Waals surface area contributed by atoms with E-state index in [2.05, 4.69) is 5.23 Å². The van der Waals surface area contributed by atoms with Crippen molar-refractivity contribution in [2.24, 2.45) is 0 Å². The molecule has 1 amide bonds. The van der Waals surface area contributed by atoms with E-state index in [0.717, 1.165) is 0 Å². The molecule has 0 aromatic heterocycles. The van der Waals surface area contributed by atoms with Gasteiger partial charge < -0.3 is 19.3 Å². The molecule has 1 aromatic carbocycles. The highest BCUT2D eigenvalue weighted by molar-refractivity contribution is 6.47. The lowest BCUT2D eigenvalue weighted by molar-refractivity contribution is -0.104. The fourth-order valence-electron chi connectivity index (χ4n) is 2.42. The van der Waals surface area contributed by atoms with Crippen LogP contribution in [0.3, 0.4) is 0 Å². The van der Waals surface area contributed by atoms with Gasteiger partial charge in [0.25, 0.3) is 0 Å². The van der Waals surface area contributed by atoms with E-state index in [9.17, 15) is 4.79 Å². The Morgan fingerprint density at radius 1 is 1.24 bits per heavy atom. The average molecular weight is 291 g/mol. The molecule has 0 radical (unpaired) electrons. The van der Waals surface area contributed by atoms with Gasteiger partial charge in [-0.15, -0.1) is 0 Å². The molecule has 0 aliphatic carbocycles. The summed E-state index contributed by atoms with van der Waals surface area (Å²) in [4.78, 5) is 12.2. The smallest absolute Gasteiger partial charge is 0.384 e. The Labute approximate surface area is 126 Å². The Kier molecular flexibility index (Phi) is 4.42. The van der Waals surface area contributed by atoms with Gasteiger partial charge in [0.1, 0.15) is 5.60 Å². The van der Waals surface area contributed by atoms with E-state index in [1.165, 1.54) is 0 Å². The monoisotopic (exact) mass is 291 g/mol. The summed E-state index contributed by atoms with van der Waals surface area (Å²) in [5.74, 6) is -0.231. The predicted octanol–water partition coefficient (Wildman–Crippen LogP) is 2.02. The number of carbonyl (C=O) groups is 1. The molecule has 2 atom stereocenters. The minimum atomic E-state index is -0.796. The van der Waals surface area contributed by atoms with Crippen LogP contribution in [-0.4, -0.2) is 37.6 Å². The highest BCUT2D eigenvalue weighted by Crippen LogP contribution is 2.40. The number of nitrogens with one attached hydrogen (secondary N) is 1. The number of methoxy groups -OCH3 is 1. The van der Waals surface area contributed by atoms with Gasteiger partial charge in [-0.05, 0) is 39.8 Å². The zero-order chi connectivity index (χ0) is 15.7. The van der Waals surface area contributed by atoms with Gasteiger partial charge in [-0.3, -0.25) is 4.79 Å². The molecule has 1 aromatic rings. The molecule has 5 nitrogen and oxygen atoms in total. The Bertz CT molecular complexity index is 508. The van der Waals surface area contributed by atoms with Gasteiger partial charge in [-0.1, -0.05) is 18.2 Å². The van der Waals surface area contributed by atoms with Crippen molar-refractivity contribution in [1.29, 1.82) is 0 Å². The summed E-state index contributed by atoms with van der Waals surface area (Å²) in [5.41, 5.74) is -0.677. The third-order valence-corrected chi connectivity index (χ3v) is 4.36. The third kappa shape index (κ3) is 2.97. The van der Waals surface area contributed by atoms with Gasteiger partial charge in [0.2, 0.25) is 5.91 Å². The Balaban J connectivity index is 2.09. The van der Waals surface area contributed by atoms with Crippen LogP contribution in [0.2, 0.25) is 0 Å². The van der Waals surface area contributed by atoms with Crippen molar-refractivity contribution in [2.75, 3.05) is 7.11 Å². The quantitative estimate of drug-likeness (QED) is 0.862. The van der Waals surface area contributed by atoms with Gasteiger partial charge in [0.05, 0.1) is 11.7 Å². The minimum Gasteiger partial charge on any atom is -0.384 e. The van der Waals surface area contributed by atoms with Crippen LogP contribution in [0.5, 0.6) is 0 Å². The van der Waals surface area contributed by atoms with Crippen molar-refractivity contribution >= 4 is 13.2 Å². The Hall–Kier alpha value is -1.37. The molecule has 6 heteroatoms. The van der Waals surface area contributed by atoms with E-state index in [4.69, 9.17) is 14.0 Å². The van der Waals surface area contributed by atoms with Crippen LogP contribution in [0.15, 0.2) is 30.3 Å². The first kappa shape index (κ1) is 16.0. The van der Waals surface area contributed by atoms with E-state index < -0.39 is 18.5 Å². The maximum absolute atomic E-state index is 12.2. The highest BCUT2D eigenvalue weighted by Gasteiger charge is 2.58. The molecule has 1 heterocycles. The summed E-state index contributed by atoms with van der Waals surface area (Å²) in [7, 11) is 0.834. The van der Waals surface area contributed by atoms with Gasteiger partial charge in [-0.2, -0.15) is 0 Å². The lowest BCUT2D eigenvalue weighted by Gasteiger charge is -2.39. The summed E-state index contributed by atoms with van der Waals surface area (Å²) < 4.78 is 17.2. The first-order chi connectivity index (χ1) is 9.80. The Morgan fingerprint density at radius 3 is 2.43 bits per heavy atom.